The Hall–Kier alpha value is -1.26. The molecule has 2 aliphatic rings. The summed E-state index contributed by atoms with van der Waals surface area (Å²) in [7, 11) is 0. The minimum atomic E-state index is -1.18. The van der Waals surface area contributed by atoms with E-state index >= 15 is 0 Å². The highest BCUT2D eigenvalue weighted by molar-refractivity contribution is 6.39. The molecule has 2 fully saturated rings. The molecule has 1 saturated carbocycles. The Morgan fingerprint density at radius 1 is 1.18 bits per heavy atom. The number of para-hydroxylation sites is 1. The molecule has 1 heterocycles. The zero-order valence-electron chi connectivity index (χ0n) is 12.6. The summed E-state index contributed by atoms with van der Waals surface area (Å²) in [5, 5.41) is 3.45. The smallest absolute Gasteiger partial charge is 0.313 e. The van der Waals surface area contributed by atoms with E-state index in [9.17, 15) is 9.59 Å². The second kappa shape index (κ2) is 4.62. The zero-order chi connectivity index (χ0) is 16.3. The van der Waals surface area contributed by atoms with Gasteiger partial charge in [0.25, 0.3) is 5.91 Å². The average molecular weight is 342 g/mol. The summed E-state index contributed by atoms with van der Waals surface area (Å²) in [5.74, 6) is -0.689. The van der Waals surface area contributed by atoms with Crippen LogP contribution in [0.25, 0.3) is 0 Å². The van der Waals surface area contributed by atoms with Crippen molar-refractivity contribution in [1.29, 1.82) is 0 Å². The Morgan fingerprint density at radius 3 is 2.23 bits per heavy atom. The van der Waals surface area contributed by atoms with Gasteiger partial charge in [0.1, 0.15) is 0 Å². The largest absolute Gasteiger partial charge is 0.448 e. The molecule has 2 bridgehead atoms. The lowest BCUT2D eigenvalue weighted by molar-refractivity contribution is -0.165. The lowest BCUT2D eigenvalue weighted by Crippen LogP contribution is -2.50. The fourth-order valence-electron chi connectivity index (χ4n) is 3.58. The first kappa shape index (κ1) is 15.6. The second-order valence-electron chi connectivity index (χ2n) is 6.72. The molecule has 1 aromatic rings. The first-order chi connectivity index (χ1) is 10.2. The molecule has 1 N–H and O–H groups in total. The molecule has 4 nitrogen and oxygen atoms in total. The van der Waals surface area contributed by atoms with Crippen molar-refractivity contribution in [3.05, 3.63) is 28.2 Å². The third-order valence-electron chi connectivity index (χ3n) is 5.65. The van der Waals surface area contributed by atoms with Crippen molar-refractivity contribution in [2.75, 3.05) is 5.32 Å². The van der Waals surface area contributed by atoms with E-state index in [0.717, 1.165) is 0 Å². The van der Waals surface area contributed by atoms with E-state index in [4.69, 9.17) is 27.9 Å². The van der Waals surface area contributed by atoms with Crippen LogP contribution in [-0.2, 0) is 14.3 Å². The maximum atomic E-state index is 12.9. The lowest BCUT2D eigenvalue weighted by atomic mass is 9.66. The van der Waals surface area contributed by atoms with E-state index in [1.54, 1.807) is 18.2 Å². The van der Waals surface area contributed by atoms with Crippen LogP contribution in [0.3, 0.4) is 0 Å². The van der Waals surface area contributed by atoms with Crippen molar-refractivity contribution in [2.24, 2.45) is 10.8 Å². The Morgan fingerprint density at radius 2 is 1.77 bits per heavy atom. The molecule has 1 amide bonds. The third kappa shape index (κ3) is 1.71. The maximum absolute atomic E-state index is 12.9. The minimum absolute atomic E-state index is 0.316. The van der Waals surface area contributed by atoms with Gasteiger partial charge in [-0.3, -0.25) is 9.59 Å². The van der Waals surface area contributed by atoms with Gasteiger partial charge in [-0.25, -0.2) is 0 Å². The standard InChI is InChI=1S/C16H17Cl2NO3/c1-14(2)15(3)7-8-16(14,22-13(15)21)12(20)19-11-9(17)5-4-6-10(11)18/h4-6H,7-8H2,1-3H3,(H,19,20)/t15-,16-/m0/s1. The van der Waals surface area contributed by atoms with Crippen molar-refractivity contribution in [1.82, 2.24) is 0 Å². The van der Waals surface area contributed by atoms with Crippen LogP contribution >= 0.6 is 23.2 Å². The molecule has 22 heavy (non-hydrogen) atoms. The summed E-state index contributed by atoms with van der Waals surface area (Å²) in [5.41, 5.74) is -2.08. The van der Waals surface area contributed by atoms with Crippen LogP contribution in [0.1, 0.15) is 33.6 Å². The van der Waals surface area contributed by atoms with Gasteiger partial charge in [-0.2, -0.15) is 0 Å². The van der Waals surface area contributed by atoms with E-state index in [1.807, 2.05) is 20.8 Å². The van der Waals surface area contributed by atoms with E-state index in [1.165, 1.54) is 0 Å². The number of carbonyl (C=O) groups excluding carboxylic acids is 2. The Labute approximate surface area is 139 Å². The number of amides is 1. The van der Waals surface area contributed by atoms with Crippen LogP contribution in [0, 0.1) is 10.8 Å². The molecule has 1 saturated heterocycles. The predicted octanol–water partition coefficient (Wildman–Crippen LogP) is 4.05. The summed E-state index contributed by atoms with van der Waals surface area (Å²) < 4.78 is 5.54. The normalized spacial score (nSPS) is 32.0. The number of hydrogen-bond acceptors (Lipinski definition) is 3. The number of fused-ring (bicyclic) bond motifs is 2. The maximum Gasteiger partial charge on any atom is 0.313 e. The fraction of sp³-hybridized carbons (Fsp3) is 0.500. The molecule has 0 unspecified atom stereocenters. The molecule has 0 spiro atoms. The van der Waals surface area contributed by atoms with E-state index in [2.05, 4.69) is 5.32 Å². The number of benzene rings is 1. The number of nitrogens with one attached hydrogen (secondary N) is 1. The SMILES string of the molecule is CC1(C)[C@@]2(C)CC[C@@]1(C(=O)Nc1c(Cl)cccc1Cl)OC2=O. The summed E-state index contributed by atoms with van der Waals surface area (Å²) in [6.07, 6.45) is 1.12. The van der Waals surface area contributed by atoms with Crippen LogP contribution < -0.4 is 5.32 Å². The fourth-order valence-corrected chi connectivity index (χ4v) is 4.07. The number of esters is 1. The number of anilines is 1. The van der Waals surface area contributed by atoms with Crippen LogP contribution in [0.2, 0.25) is 10.0 Å². The number of carbonyl (C=O) groups is 2. The van der Waals surface area contributed by atoms with Gasteiger partial charge in [-0.05, 0) is 31.9 Å². The molecule has 1 aliphatic heterocycles. The van der Waals surface area contributed by atoms with Gasteiger partial charge in [-0.15, -0.1) is 0 Å². The number of ether oxygens (including phenoxy) is 1. The van der Waals surface area contributed by atoms with E-state index in [-0.39, 0.29) is 11.9 Å². The zero-order valence-corrected chi connectivity index (χ0v) is 14.1. The van der Waals surface area contributed by atoms with E-state index < -0.39 is 16.4 Å². The molecular weight excluding hydrogens is 325 g/mol. The quantitative estimate of drug-likeness (QED) is 0.825. The van der Waals surface area contributed by atoms with Gasteiger partial charge in [0.05, 0.1) is 21.1 Å². The van der Waals surface area contributed by atoms with Gasteiger partial charge in [0.2, 0.25) is 0 Å². The van der Waals surface area contributed by atoms with Crippen LogP contribution in [-0.4, -0.2) is 17.5 Å². The molecule has 3 rings (SSSR count). The summed E-state index contributed by atoms with van der Waals surface area (Å²) in [6, 6.07) is 4.99. The molecule has 0 radical (unpaired) electrons. The van der Waals surface area contributed by atoms with Gasteiger partial charge in [-0.1, -0.05) is 43.1 Å². The van der Waals surface area contributed by atoms with Crippen molar-refractivity contribution >= 4 is 40.8 Å². The molecule has 118 valence electrons. The summed E-state index contributed by atoms with van der Waals surface area (Å²) >= 11 is 12.2. The van der Waals surface area contributed by atoms with Gasteiger partial charge in [0, 0.05) is 5.41 Å². The molecule has 6 heteroatoms. The van der Waals surface area contributed by atoms with Crippen LogP contribution in [0.4, 0.5) is 5.69 Å². The van der Waals surface area contributed by atoms with E-state index in [0.29, 0.717) is 28.6 Å². The van der Waals surface area contributed by atoms with Gasteiger partial charge >= 0.3 is 5.97 Å². The minimum Gasteiger partial charge on any atom is -0.448 e. The summed E-state index contributed by atoms with van der Waals surface area (Å²) in [6.45, 7) is 5.66. The Balaban J connectivity index is 1.98. The Kier molecular flexibility index (Phi) is 3.28. The van der Waals surface area contributed by atoms with Crippen molar-refractivity contribution < 1.29 is 14.3 Å². The number of hydrogen-bond donors (Lipinski definition) is 1. The Bertz CT molecular complexity index is 668. The molecule has 0 aromatic heterocycles. The van der Waals surface area contributed by atoms with Crippen LogP contribution in [0.5, 0.6) is 0 Å². The molecular formula is C16H17Cl2NO3. The third-order valence-corrected chi connectivity index (χ3v) is 6.28. The molecule has 2 atom stereocenters. The molecule has 1 aromatic carbocycles. The highest BCUT2D eigenvalue weighted by Crippen LogP contribution is 2.65. The first-order valence-corrected chi connectivity index (χ1v) is 7.90. The highest BCUT2D eigenvalue weighted by Gasteiger charge is 2.75. The number of halogens is 2. The van der Waals surface area contributed by atoms with Crippen molar-refractivity contribution in [3.63, 3.8) is 0 Å². The summed E-state index contributed by atoms with van der Waals surface area (Å²) in [4.78, 5) is 25.1. The predicted molar refractivity (Wildman–Crippen MR) is 85.0 cm³/mol. The molecule has 1 aliphatic carbocycles. The first-order valence-electron chi connectivity index (χ1n) is 7.15. The average Bonchev–Trinajstić information content (AvgIpc) is 2.73. The number of rotatable bonds is 2. The lowest BCUT2D eigenvalue weighted by Gasteiger charge is -2.35. The topological polar surface area (TPSA) is 55.4 Å². The van der Waals surface area contributed by atoms with Gasteiger partial charge < -0.3 is 10.1 Å². The monoisotopic (exact) mass is 341 g/mol. The second-order valence-corrected chi connectivity index (χ2v) is 7.54. The van der Waals surface area contributed by atoms with Crippen molar-refractivity contribution in [3.8, 4) is 0 Å². The van der Waals surface area contributed by atoms with Crippen molar-refractivity contribution in [2.45, 2.75) is 39.2 Å². The highest BCUT2D eigenvalue weighted by atomic mass is 35.5. The van der Waals surface area contributed by atoms with Gasteiger partial charge in [0.15, 0.2) is 5.60 Å². The van der Waals surface area contributed by atoms with Crippen LogP contribution in [0.15, 0.2) is 18.2 Å².